The molecule has 0 bridgehead atoms. The molecule has 40 heavy (non-hydrogen) atoms. The minimum Gasteiger partial charge on any atom is -0.481 e. The summed E-state index contributed by atoms with van der Waals surface area (Å²) in [4.78, 5) is 42.8. The first kappa shape index (κ1) is 30.8. The molecule has 12 nitrogen and oxygen atoms in total. The second-order valence-corrected chi connectivity index (χ2v) is 10.4. The Labute approximate surface area is 238 Å². The molecule has 0 fully saturated rings. The second-order valence-electron chi connectivity index (χ2n) is 9.13. The standard InChI is InChI=1S/C20H22ClN5S.C6H8O7/c1-16-19(26-11-12-27-20(26)23-16)14-25(9-4-8-24-10-7-22-15-24)13-17-5-2-3-6-18(17)21;7-3(8)1-6(13,5(11)12)2-4(9)10/h2-3,5-7,10-12,15H,4,8-9,13-14H2,1H3;13H,1-2H2,(H,7,8)(H,9,10)(H,11,12). The lowest BCUT2D eigenvalue weighted by Crippen LogP contribution is -2.42. The summed E-state index contributed by atoms with van der Waals surface area (Å²) in [6.45, 7) is 5.69. The van der Waals surface area contributed by atoms with E-state index in [1.54, 1.807) is 11.3 Å². The van der Waals surface area contributed by atoms with Crippen LogP contribution >= 0.6 is 22.9 Å². The Kier molecular flexibility index (Phi) is 10.8. The molecule has 214 valence electrons. The van der Waals surface area contributed by atoms with Gasteiger partial charge >= 0.3 is 17.9 Å². The third kappa shape index (κ3) is 8.61. The van der Waals surface area contributed by atoms with Gasteiger partial charge in [-0.15, -0.1) is 11.3 Å². The maximum absolute atomic E-state index is 10.3. The van der Waals surface area contributed by atoms with Gasteiger partial charge in [-0.1, -0.05) is 29.8 Å². The van der Waals surface area contributed by atoms with Gasteiger partial charge in [-0.25, -0.2) is 14.8 Å². The Morgan fingerprint density at radius 3 is 2.38 bits per heavy atom. The lowest BCUT2D eigenvalue weighted by atomic mass is 9.96. The van der Waals surface area contributed by atoms with Crippen molar-refractivity contribution in [3.8, 4) is 0 Å². The third-order valence-corrected chi connectivity index (χ3v) is 7.15. The van der Waals surface area contributed by atoms with E-state index in [4.69, 9.17) is 32.0 Å². The van der Waals surface area contributed by atoms with Crippen LogP contribution in [-0.2, 0) is 34.0 Å². The molecular weight excluding hydrogens is 562 g/mol. The fraction of sp³-hybridized carbons (Fsp3) is 0.346. The van der Waals surface area contributed by atoms with Crippen molar-refractivity contribution in [1.29, 1.82) is 0 Å². The fourth-order valence-electron chi connectivity index (χ4n) is 4.03. The molecule has 0 unspecified atom stereocenters. The SMILES string of the molecule is Cc1nc2sccn2c1CN(CCCn1ccnc1)Cc1ccccc1Cl.O=C(O)CC(O)(CC(=O)O)C(=O)O. The molecule has 3 heterocycles. The maximum Gasteiger partial charge on any atom is 0.336 e. The van der Waals surface area contributed by atoms with Gasteiger partial charge < -0.3 is 25.0 Å². The van der Waals surface area contributed by atoms with Gasteiger partial charge in [0.1, 0.15) is 0 Å². The van der Waals surface area contributed by atoms with E-state index < -0.39 is 36.4 Å². The van der Waals surface area contributed by atoms with Crippen molar-refractivity contribution in [2.45, 2.75) is 51.4 Å². The molecule has 0 spiro atoms. The Hall–Kier alpha value is -3.78. The molecular formula is C26H30ClN5O7S. The highest BCUT2D eigenvalue weighted by molar-refractivity contribution is 7.15. The molecule has 0 aliphatic carbocycles. The molecule has 1 aromatic carbocycles. The highest BCUT2D eigenvalue weighted by Crippen LogP contribution is 2.22. The quantitative estimate of drug-likeness (QED) is 0.181. The number of benzene rings is 1. The van der Waals surface area contributed by atoms with Gasteiger partial charge in [0, 0.05) is 55.2 Å². The molecule has 3 aromatic heterocycles. The van der Waals surface area contributed by atoms with E-state index in [1.165, 1.54) is 5.69 Å². The molecule has 0 aliphatic rings. The van der Waals surface area contributed by atoms with Crippen molar-refractivity contribution in [3.05, 3.63) is 76.5 Å². The smallest absolute Gasteiger partial charge is 0.336 e. The molecule has 0 aliphatic heterocycles. The molecule has 14 heteroatoms. The maximum atomic E-state index is 10.3. The summed E-state index contributed by atoms with van der Waals surface area (Å²) < 4.78 is 4.32. The van der Waals surface area contributed by atoms with Crippen molar-refractivity contribution >= 4 is 45.8 Å². The molecule has 4 N–H and O–H groups in total. The van der Waals surface area contributed by atoms with Crippen molar-refractivity contribution in [3.63, 3.8) is 0 Å². The van der Waals surface area contributed by atoms with Crippen molar-refractivity contribution < 1.29 is 34.8 Å². The first-order valence-corrected chi connectivity index (χ1v) is 13.5. The lowest BCUT2D eigenvalue weighted by Gasteiger charge is -2.23. The Bertz CT molecular complexity index is 1420. The molecule has 0 saturated heterocycles. The number of halogens is 1. The first-order valence-electron chi connectivity index (χ1n) is 12.2. The summed E-state index contributed by atoms with van der Waals surface area (Å²) in [6.07, 6.45) is 6.57. The number of hydrogen-bond acceptors (Lipinski definition) is 8. The number of rotatable bonds is 13. The van der Waals surface area contributed by atoms with E-state index in [-0.39, 0.29) is 0 Å². The number of thiazole rings is 1. The predicted molar refractivity (Wildman–Crippen MR) is 147 cm³/mol. The number of aliphatic hydroxyl groups is 1. The predicted octanol–water partition coefficient (Wildman–Crippen LogP) is 3.40. The van der Waals surface area contributed by atoms with Crippen molar-refractivity contribution in [2.75, 3.05) is 6.54 Å². The summed E-state index contributed by atoms with van der Waals surface area (Å²) in [5, 5.41) is 36.7. The van der Waals surface area contributed by atoms with E-state index >= 15 is 0 Å². The second kappa shape index (κ2) is 14.0. The van der Waals surface area contributed by atoms with Crippen LogP contribution in [0, 0.1) is 6.92 Å². The van der Waals surface area contributed by atoms with Crippen LogP contribution in [0.3, 0.4) is 0 Å². The zero-order chi connectivity index (χ0) is 29.3. The number of imidazole rings is 2. The van der Waals surface area contributed by atoms with Gasteiger partial charge in [-0.05, 0) is 25.0 Å². The van der Waals surface area contributed by atoms with Crippen LogP contribution in [0.1, 0.15) is 36.2 Å². The van der Waals surface area contributed by atoms with Gasteiger partial charge in [0.15, 0.2) is 10.6 Å². The lowest BCUT2D eigenvalue weighted by molar-refractivity contribution is -0.170. The Morgan fingerprint density at radius 2 is 1.77 bits per heavy atom. The normalized spacial score (nSPS) is 11.4. The van der Waals surface area contributed by atoms with E-state index in [0.717, 1.165) is 53.8 Å². The first-order chi connectivity index (χ1) is 19.0. The third-order valence-electron chi connectivity index (χ3n) is 6.02. The number of carbonyl (C=O) groups is 3. The number of carboxylic acids is 3. The molecule has 0 radical (unpaired) electrons. The van der Waals surface area contributed by atoms with E-state index in [0.29, 0.717) is 0 Å². The van der Waals surface area contributed by atoms with Crippen LogP contribution in [0.5, 0.6) is 0 Å². The topological polar surface area (TPSA) is 170 Å². The number of aryl methyl sites for hydroxylation is 2. The summed E-state index contributed by atoms with van der Waals surface area (Å²) in [5.41, 5.74) is 0.768. The largest absolute Gasteiger partial charge is 0.481 e. The van der Waals surface area contributed by atoms with Crippen molar-refractivity contribution in [1.82, 2.24) is 23.8 Å². The zero-order valence-electron chi connectivity index (χ0n) is 21.7. The molecule has 0 atom stereocenters. The number of fused-ring (bicyclic) bond motifs is 1. The minimum absolute atomic E-state index is 0.820. The summed E-state index contributed by atoms with van der Waals surface area (Å²) in [7, 11) is 0. The Balaban J connectivity index is 0.000000289. The van der Waals surface area contributed by atoms with Crippen LogP contribution in [0.25, 0.3) is 4.96 Å². The number of aliphatic carboxylic acids is 3. The van der Waals surface area contributed by atoms with E-state index in [2.05, 4.69) is 48.4 Å². The van der Waals surface area contributed by atoms with Gasteiger partial charge in [0.2, 0.25) is 0 Å². The number of nitrogens with zero attached hydrogens (tertiary/aromatic N) is 5. The van der Waals surface area contributed by atoms with Gasteiger partial charge in [0.05, 0.1) is 30.6 Å². The summed E-state index contributed by atoms with van der Waals surface area (Å²) in [5.74, 6) is -5.02. The fourth-order valence-corrected chi connectivity index (χ4v) is 5.01. The van der Waals surface area contributed by atoms with Crippen LogP contribution in [-0.4, -0.2) is 74.3 Å². The Morgan fingerprint density at radius 1 is 1.07 bits per heavy atom. The van der Waals surface area contributed by atoms with Gasteiger partial charge in [-0.2, -0.15) is 0 Å². The zero-order valence-corrected chi connectivity index (χ0v) is 23.3. The highest BCUT2D eigenvalue weighted by atomic mass is 35.5. The highest BCUT2D eigenvalue weighted by Gasteiger charge is 2.40. The molecule has 4 rings (SSSR count). The molecule has 0 amide bonds. The monoisotopic (exact) mass is 591 g/mol. The van der Waals surface area contributed by atoms with Crippen LogP contribution in [0.15, 0.2) is 54.6 Å². The number of carboxylic acid groups (broad SMARTS) is 3. The summed E-state index contributed by atoms with van der Waals surface area (Å²) in [6, 6.07) is 8.09. The van der Waals surface area contributed by atoms with Crippen LogP contribution < -0.4 is 0 Å². The minimum atomic E-state index is -2.74. The molecule has 0 saturated carbocycles. The van der Waals surface area contributed by atoms with E-state index in [1.807, 2.05) is 36.9 Å². The average molecular weight is 592 g/mol. The average Bonchev–Trinajstić information content (AvgIpc) is 3.60. The van der Waals surface area contributed by atoms with Crippen LogP contribution in [0.4, 0.5) is 0 Å². The van der Waals surface area contributed by atoms with Gasteiger partial charge in [-0.3, -0.25) is 18.9 Å². The van der Waals surface area contributed by atoms with Crippen LogP contribution in [0.2, 0.25) is 5.02 Å². The van der Waals surface area contributed by atoms with E-state index in [9.17, 15) is 14.4 Å². The number of hydrogen-bond donors (Lipinski definition) is 4. The van der Waals surface area contributed by atoms with Gasteiger partial charge in [0.25, 0.3) is 0 Å². The summed E-state index contributed by atoms with van der Waals surface area (Å²) >= 11 is 8.09. The van der Waals surface area contributed by atoms with Crippen molar-refractivity contribution in [2.24, 2.45) is 0 Å². The molecule has 4 aromatic rings. The number of aromatic nitrogens is 4.